The number of nitrogens with zero attached hydrogens (tertiary/aromatic N) is 1. The molecule has 2 aromatic rings. The maximum absolute atomic E-state index is 12.0. The highest BCUT2D eigenvalue weighted by Crippen LogP contribution is 2.42. The normalized spacial score (nSPS) is 11.1. The number of phenols is 1. The quantitative estimate of drug-likeness (QED) is 0.525. The lowest BCUT2D eigenvalue weighted by Gasteiger charge is -2.19. The zero-order valence-corrected chi connectivity index (χ0v) is 15.3. The minimum absolute atomic E-state index is 0.0150. The average Bonchev–Trinajstić information content (AvgIpc) is 2.65. The number of carbonyl (C=O) groups is 1. The second-order valence-electron chi connectivity index (χ2n) is 6.74. The van der Waals surface area contributed by atoms with Crippen molar-refractivity contribution in [1.82, 2.24) is 0 Å². The molecule has 0 saturated heterocycles. The lowest BCUT2D eigenvalue weighted by atomic mass is 9.90. The van der Waals surface area contributed by atoms with E-state index in [1.54, 1.807) is 24.3 Å². The van der Waals surface area contributed by atoms with Gasteiger partial charge in [0, 0.05) is 48.4 Å². The summed E-state index contributed by atoms with van der Waals surface area (Å²) < 4.78 is 5.82. The van der Waals surface area contributed by atoms with Gasteiger partial charge in [-0.25, -0.2) is 4.79 Å². The SMILES string of the molecule is CN(C)c1ccc(-c2c3ccc(=O)cc-3oc3cc(O)ccc23)c(C(=O)O)c1. The van der Waals surface area contributed by atoms with E-state index in [1.165, 1.54) is 24.3 Å². The molecule has 0 spiro atoms. The first-order chi connectivity index (χ1) is 13.3. The summed E-state index contributed by atoms with van der Waals surface area (Å²) in [4.78, 5) is 25.7. The zero-order chi connectivity index (χ0) is 20.0. The summed E-state index contributed by atoms with van der Waals surface area (Å²) in [6.07, 6.45) is 0. The third kappa shape index (κ3) is 2.85. The van der Waals surface area contributed by atoms with E-state index >= 15 is 0 Å². The van der Waals surface area contributed by atoms with Crippen molar-refractivity contribution < 1.29 is 19.4 Å². The fraction of sp³-hybridized carbons (Fsp3) is 0.0909. The fourth-order valence-corrected chi connectivity index (χ4v) is 3.35. The summed E-state index contributed by atoms with van der Waals surface area (Å²) in [5.41, 5.74) is 2.81. The molecule has 6 heteroatoms. The van der Waals surface area contributed by atoms with Gasteiger partial charge in [-0.05, 0) is 42.0 Å². The number of hydrogen-bond acceptors (Lipinski definition) is 5. The van der Waals surface area contributed by atoms with Crippen molar-refractivity contribution in [3.8, 4) is 28.2 Å². The molecule has 1 aliphatic carbocycles. The first-order valence-electron chi connectivity index (χ1n) is 8.60. The maximum Gasteiger partial charge on any atom is 0.336 e. The molecule has 28 heavy (non-hydrogen) atoms. The largest absolute Gasteiger partial charge is 0.508 e. The van der Waals surface area contributed by atoms with Gasteiger partial charge in [0.05, 0.1) is 5.56 Å². The van der Waals surface area contributed by atoms with Crippen LogP contribution in [0.3, 0.4) is 0 Å². The van der Waals surface area contributed by atoms with Crippen LogP contribution in [0.15, 0.2) is 63.8 Å². The highest BCUT2D eigenvalue weighted by atomic mass is 16.4. The number of phenolic OH excluding ortho intramolecular Hbond substituents is 1. The Morgan fingerprint density at radius 1 is 0.964 bits per heavy atom. The molecule has 0 unspecified atom stereocenters. The summed E-state index contributed by atoms with van der Waals surface area (Å²) in [6.45, 7) is 0. The summed E-state index contributed by atoms with van der Waals surface area (Å²) in [7, 11) is 3.68. The van der Waals surface area contributed by atoms with E-state index in [4.69, 9.17) is 4.42 Å². The molecule has 0 aromatic heterocycles. The van der Waals surface area contributed by atoms with Gasteiger partial charge < -0.3 is 19.5 Å². The molecule has 1 aliphatic heterocycles. The number of fused-ring (bicyclic) bond motifs is 2. The van der Waals surface area contributed by atoms with Crippen molar-refractivity contribution in [2.45, 2.75) is 0 Å². The first-order valence-corrected chi connectivity index (χ1v) is 8.60. The predicted octanol–water partition coefficient (Wildman–Crippen LogP) is 4.03. The molecule has 1 heterocycles. The lowest BCUT2D eigenvalue weighted by molar-refractivity contribution is 0.0698. The van der Waals surface area contributed by atoms with E-state index in [9.17, 15) is 19.8 Å². The van der Waals surface area contributed by atoms with Crippen LogP contribution in [-0.2, 0) is 0 Å². The Bertz CT molecular complexity index is 1260. The third-order valence-corrected chi connectivity index (χ3v) is 4.70. The third-order valence-electron chi connectivity index (χ3n) is 4.70. The molecule has 0 amide bonds. The predicted molar refractivity (Wildman–Crippen MR) is 107 cm³/mol. The molecule has 0 radical (unpaired) electrons. The minimum Gasteiger partial charge on any atom is -0.508 e. The lowest BCUT2D eigenvalue weighted by Crippen LogP contribution is -2.10. The van der Waals surface area contributed by atoms with Gasteiger partial charge in [0.25, 0.3) is 0 Å². The molecular formula is C22H17NO5. The van der Waals surface area contributed by atoms with E-state index in [0.717, 1.165) is 5.69 Å². The van der Waals surface area contributed by atoms with E-state index < -0.39 is 5.97 Å². The van der Waals surface area contributed by atoms with Crippen molar-refractivity contribution in [3.63, 3.8) is 0 Å². The molecule has 2 N–H and O–H groups in total. The van der Waals surface area contributed by atoms with Gasteiger partial charge in [0.15, 0.2) is 5.43 Å². The van der Waals surface area contributed by atoms with Gasteiger partial charge in [-0.15, -0.1) is 0 Å². The summed E-state index contributed by atoms with van der Waals surface area (Å²) in [5.74, 6) is -0.713. The van der Waals surface area contributed by atoms with Gasteiger partial charge in [-0.3, -0.25) is 4.79 Å². The molecule has 0 saturated carbocycles. The summed E-state index contributed by atoms with van der Waals surface area (Å²) in [5, 5.41) is 20.3. The summed E-state index contributed by atoms with van der Waals surface area (Å²) in [6, 6.07) is 14.3. The number of benzene rings is 3. The number of rotatable bonds is 3. The van der Waals surface area contributed by atoms with Gasteiger partial charge in [-0.2, -0.15) is 0 Å². The van der Waals surface area contributed by atoms with E-state index in [0.29, 0.717) is 33.4 Å². The van der Waals surface area contributed by atoms with E-state index in [2.05, 4.69) is 0 Å². The minimum atomic E-state index is -1.06. The molecule has 0 fully saturated rings. The number of anilines is 1. The molecule has 2 aromatic carbocycles. The highest BCUT2D eigenvalue weighted by Gasteiger charge is 2.22. The molecular weight excluding hydrogens is 358 g/mol. The number of aromatic hydroxyl groups is 1. The smallest absolute Gasteiger partial charge is 0.336 e. The standard InChI is InChI=1S/C22H17NO5/c1-23(2)12-3-6-15(18(9-12)22(26)27)21-16-7-4-13(24)10-19(16)28-20-11-14(25)5-8-17(20)21/h3-11,24H,1-2H3,(H,26,27). The number of aromatic carboxylic acids is 1. The number of carboxylic acids is 1. The zero-order valence-electron chi connectivity index (χ0n) is 15.3. The second kappa shape index (κ2) is 6.42. The molecule has 140 valence electrons. The van der Waals surface area contributed by atoms with Crippen LogP contribution in [-0.4, -0.2) is 30.3 Å². The monoisotopic (exact) mass is 375 g/mol. The summed E-state index contributed by atoms with van der Waals surface area (Å²) >= 11 is 0. The van der Waals surface area contributed by atoms with Crippen LogP contribution in [0.1, 0.15) is 10.4 Å². The van der Waals surface area contributed by atoms with Gasteiger partial charge in [-0.1, -0.05) is 6.07 Å². The van der Waals surface area contributed by atoms with Crippen LogP contribution in [0.4, 0.5) is 5.69 Å². The van der Waals surface area contributed by atoms with Crippen LogP contribution in [0.2, 0.25) is 0 Å². The fourth-order valence-electron chi connectivity index (χ4n) is 3.35. The average molecular weight is 375 g/mol. The van der Waals surface area contributed by atoms with E-state index in [-0.39, 0.29) is 16.7 Å². The molecule has 0 bridgehead atoms. The number of carboxylic acid groups (broad SMARTS) is 1. The molecule has 4 rings (SSSR count). The van der Waals surface area contributed by atoms with Crippen molar-refractivity contribution in [3.05, 3.63) is 70.4 Å². The van der Waals surface area contributed by atoms with Crippen molar-refractivity contribution in [2.24, 2.45) is 0 Å². The van der Waals surface area contributed by atoms with Gasteiger partial charge in [0.1, 0.15) is 17.1 Å². The van der Waals surface area contributed by atoms with Crippen LogP contribution >= 0.6 is 0 Å². The van der Waals surface area contributed by atoms with Crippen LogP contribution < -0.4 is 10.3 Å². The second-order valence-corrected chi connectivity index (χ2v) is 6.74. The van der Waals surface area contributed by atoms with Crippen LogP contribution in [0, 0.1) is 0 Å². The van der Waals surface area contributed by atoms with Crippen LogP contribution in [0.25, 0.3) is 33.4 Å². The topological polar surface area (TPSA) is 91.0 Å². The molecule has 0 atom stereocenters. The Hall–Kier alpha value is -3.80. The van der Waals surface area contributed by atoms with Gasteiger partial charge >= 0.3 is 5.97 Å². The highest BCUT2D eigenvalue weighted by molar-refractivity contribution is 6.08. The number of hydrogen-bond donors (Lipinski definition) is 2. The van der Waals surface area contributed by atoms with Crippen LogP contribution in [0.5, 0.6) is 5.75 Å². The van der Waals surface area contributed by atoms with E-state index in [1.807, 2.05) is 25.1 Å². The maximum atomic E-state index is 12.0. The molecule has 6 nitrogen and oxygen atoms in total. The Morgan fingerprint density at radius 3 is 2.43 bits per heavy atom. The van der Waals surface area contributed by atoms with Crippen molar-refractivity contribution >= 4 is 22.6 Å². The van der Waals surface area contributed by atoms with Crippen molar-refractivity contribution in [2.75, 3.05) is 19.0 Å². The Balaban J connectivity index is 2.16. The van der Waals surface area contributed by atoms with Gasteiger partial charge in [0.2, 0.25) is 0 Å². The first kappa shape index (κ1) is 17.6. The Labute approximate surface area is 160 Å². The molecule has 2 aliphatic rings. The Kier molecular flexibility index (Phi) is 4.04. The van der Waals surface area contributed by atoms with Crippen molar-refractivity contribution in [1.29, 1.82) is 0 Å². The Morgan fingerprint density at radius 2 is 1.71 bits per heavy atom.